The topological polar surface area (TPSA) is 85.2 Å². The fourth-order valence-electron chi connectivity index (χ4n) is 3.81. The number of hydrogen-bond acceptors (Lipinski definition) is 5. The highest BCUT2D eigenvalue weighted by Crippen LogP contribution is 2.31. The van der Waals surface area contributed by atoms with Gasteiger partial charge in [-0.2, -0.15) is 0 Å². The molecule has 0 fully saturated rings. The van der Waals surface area contributed by atoms with Crippen molar-refractivity contribution < 1.29 is 29.2 Å². The van der Waals surface area contributed by atoms with E-state index in [9.17, 15) is 9.90 Å². The van der Waals surface area contributed by atoms with Crippen molar-refractivity contribution in [2.75, 3.05) is 13.2 Å². The van der Waals surface area contributed by atoms with Gasteiger partial charge in [-0.05, 0) is 43.7 Å². The molecule has 0 aliphatic rings. The normalized spacial score (nSPS) is 11.2. The third-order valence-electron chi connectivity index (χ3n) is 5.77. The van der Waals surface area contributed by atoms with Crippen LogP contribution in [0.5, 0.6) is 11.5 Å². The molecule has 1 rings (SSSR count). The van der Waals surface area contributed by atoms with E-state index in [2.05, 4.69) is 18.6 Å². The quantitative estimate of drug-likeness (QED) is 0.0830. The van der Waals surface area contributed by atoms with Crippen molar-refractivity contribution >= 4 is 6.16 Å². The van der Waals surface area contributed by atoms with Gasteiger partial charge in [0.2, 0.25) is 0 Å². The van der Waals surface area contributed by atoms with Crippen molar-refractivity contribution in [2.24, 2.45) is 0 Å². The first-order chi connectivity index (χ1) is 16.1. The highest BCUT2D eigenvalue weighted by molar-refractivity contribution is 5.63. The average molecular weight is 467 g/mol. The predicted octanol–water partition coefficient (Wildman–Crippen LogP) is 7.85. The van der Waals surface area contributed by atoms with Gasteiger partial charge in [0.1, 0.15) is 0 Å². The van der Waals surface area contributed by atoms with E-state index in [-0.39, 0.29) is 17.8 Å². The highest BCUT2D eigenvalue weighted by atomic mass is 16.7. The van der Waals surface area contributed by atoms with Crippen LogP contribution in [0.15, 0.2) is 18.2 Å². The van der Waals surface area contributed by atoms with E-state index >= 15 is 0 Å². The van der Waals surface area contributed by atoms with Gasteiger partial charge < -0.3 is 24.4 Å². The van der Waals surface area contributed by atoms with Crippen LogP contribution in [0.2, 0.25) is 0 Å². The molecule has 0 saturated carbocycles. The number of phenols is 1. The first-order valence-electron chi connectivity index (χ1n) is 13.0. The standard InChI is InChI=1S/C27H46O6/c1-3-5-7-9-11-13-21-31-25(32-22-14-12-10-8-6-4-2)20-16-18-23-17-15-19-24(26(23)28)33-27(29)30/h15,17,19,25,28H,3-14,16,18,20-22H2,1-2H3,(H,29,30). The SMILES string of the molecule is CCCCCCCCOC(CCCc1cccc(OC(=O)O)c1O)OCCCCCCCC. The lowest BCUT2D eigenvalue weighted by Gasteiger charge is -2.19. The van der Waals surface area contributed by atoms with Gasteiger partial charge in [-0.3, -0.25) is 0 Å². The molecular weight excluding hydrogens is 420 g/mol. The molecular formula is C27H46O6. The van der Waals surface area contributed by atoms with E-state index < -0.39 is 6.16 Å². The lowest BCUT2D eigenvalue weighted by molar-refractivity contribution is -0.147. The maximum absolute atomic E-state index is 10.8. The Labute approximate surface area is 200 Å². The smallest absolute Gasteiger partial charge is 0.504 e. The summed E-state index contributed by atoms with van der Waals surface area (Å²) in [6.45, 7) is 5.87. The van der Waals surface area contributed by atoms with Gasteiger partial charge in [-0.1, -0.05) is 90.2 Å². The summed E-state index contributed by atoms with van der Waals surface area (Å²) in [5.74, 6) is -0.146. The van der Waals surface area contributed by atoms with Crippen LogP contribution in [-0.4, -0.2) is 35.9 Å². The monoisotopic (exact) mass is 466 g/mol. The summed E-state index contributed by atoms with van der Waals surface area (Å²) in [6, 6.07) is 4.92. The summed E-state index contributed by atoms with van der Waals surface area (Å²) in [5, 5.41) is 19.1. The molecule has 0 saturated heterocycles. The molecule has 0 unspecified atom stereocenters. The number of benzene rings is 1. The molecule has 1 aromatic carbocycles. The zero-order valence-corrected chi connectivity index (χ0v) is 20.9. The van der Waals surface area contributed by atoms with Crippen LogP contribution in [0, 0.1) is 0 Å². The van der Waals surface area contributed by atoms with Crippen LogP contribution in [0.4, 0.5) is 4.79 Å². The zero-order chi connectivity index (χ0) is 24.2. The second-order valence-corrected chi connectivity index (χ2v) is 8.73. The van der Waals surface area contributed by atoms with Crippen molar-refractivity contribution in [3.8, 4) is 11.5 Å². The van der Waals surface area contributed by atoms with Crippen molar-refractivity contribution in [1.82, 2.24) is 0 Å². The van der Waals surface area contributed by atoms with Gasteiger partial charge in [0.25, 0.3) is 0 Å². The summed E-state index contributed by atoms with van der Waals surface area (Å²) in [4.78, 5) is 10.8. The van der Waals surface area contributed by atoms with Gasteiger partial charge in [0.05, 0.1) is 0 Å². The average Bonchev–Trinajstić information content (AvgIpc) is 2.79. The Morgan fingerprint density at radius 3 is 1.91 bits per heavy atom. The molecule has 0 aliphatic carbocycles. The van der Waals surface area contributed by atoms with Crippen molar-refractivity contribution in [3.05, 3.63) is 23.8 Å². The number of carbonyl (C=O) groups is 1. The molecule has 0 bridgehead atoms. The highest BCUT2D eigenvalue weighted by Gasteiger charge is 2.14. The Bertz CT molecular complexity index is 601. The minimum Gasteiger partial charge on any atom is -0.504 e. The number of aryl methyl sites for hydroxylation is 1. The Morgan fingerprint density at radius 2 is 1.36 bits per heavy atom. The summed E-state index contributed by atoms with van der Waals surface area (Å²) in [6.07, 6.45) is 15.1. The summed E-state index contributed by atoms with van der Waals surface area (Å²) < 4.78 is 16.7. The van der Waals surface area contributed by atoms with E-state index in [0.29, 0.717) is 25.2 Å². The number of hydrogen-bond donors (Lipinski definition) is 2. The molecule has 0 spiro atoms. The maximum Gasteiger partial charge on any atom is 0.511 e. The summed E-state index contributed by atoms with van der Waals surface area (Å²) in [5.41, 5.74) is 0.666. The van der Waals surface area contributed by atoms with Crippen molar-refractivity contribution in [1.29, 1.82) is 0 Å². The van der Waals surface area contributed by atoms with E-state index in [0.717, 1.165) is 25.7 Å². The summed E-state index contributed by atoms with van der Waals surface area (Å²) >= 11 is 0. The number of para-hydroxylation sites is 1. The van der Waals surface area contributed by atoms with Crippen molar-refractivity contribution in [2.45, 2.75) is 116 Å². The van der Waals surface area contributed by atoms with Gasteiger partial charge >= 0.3 is 6.16 Å². The number of phenolic OH excluding ortho intramolecular Hbond substituents is 1. The van der Waals surface area contributed by atoms with Gasteiger partial charge in [0.15, 0.2) is 17.8 Å². The fourth-order valence-corrected chi connectivity index (χ4v) is 3.81. The first kappa shape index (κ1) is 29.2. The molecule has 0 amide bonds. The third kappa shape index (κ3) is 14.9. The second-order valence-electron chi connectivity index (χ2n) is 8.73. The molecule has 6 nitrogen and oxygen atoms in total. The third-order valence-corrected chi connectivity index (χ3v) is 5.77. The summed E-state index contributed by atoms with van der Waals surface area (Å²) in [7, 11) is 0. The molecule has 6 heteroatoms. The lowest BCUT2D eigenvalue weighted by Crippen LogP contribution is -2.19. The van der Waals surface area contributed by atoms with E-state index in [4.69, 9.17) is 14.6 Å². The van der Waals surface area contributed by atoms with Gasteiger partial charge in [0, 0.05) is 13.2 Å². The zero-order valence-electron chi connectivity index (χ0n) is 20.9. The molecule has 1 aromatic rings. The van der Waals surface area contributed by atoms with Crippen LogP contribution in [0.3, 0.4) is 0 Å². The van der Waals surface area contributed by atoms with Crippen LogP contribution in [0.25, 0.3) is 0 Å². The number of rotatable bonds is 21. The molecule has 33 heavy (non-hydrogen) atoms. The molecule has 190 valence electrons. The molecule has 0 aliphatic heterocycles. The lowest BCUT2D eigenvalue weighted by atomic mass is 10.1. The second kappa shape index (κ2) is 19.7. The molecule has 0 atom stereocenters. The number of carboxylic acid groups (broad SMARTS) is 1. The Morgan fingerprint density at radius 1 is 0.818 bits per heavy atom. The molecule has 0 aromatic heterocycles. The minimum atomic E-state index is -1.44. The first-order valence-corrected chi connectivity index (χ1v) is 13.0. The van der Waals surface area contributed by atoms with Crippen molar-refractivity contribution in [3.63, 3.8) is 0 Å². The minimum absolute atomic E-state index is 0.0322. The largest absolute Gasteiger partial charge is 0.511 e. The molecule has 0 radical (unpaired) electrons. The van der Waals surface area contributed by atoms with E-state index in [1.807, 2.05) is 0 Å². The Kier molecular flexibility index (Phi) is 17.4. The van der Waals surface area contributed by atoms with Crippen LogP contribution >= 0.6 is 0 Å². The number of ether oxygens (including phenoxy) is 3. The molecule has 2 N–H and O–H groups in total. The van der Waals surface area contributed by atoms with Gasteiger partial charge in [-0.25, -0.2) is 4.79 Å². The maximum atomic E-state index is 10.8. The van der Waals surface area contributed by atoms with Gasteiger partial charge in [-0.15, -0.1) is 0 Å². The Hall–Kier alpha value is -1.79. The van der Waals surface area contributed by atoms with Crippen LogP contribution < -0.4 is 4.74 Å². The molecule has 0 heterocycles. The number of aromatic hydroxyl groups is 1. The fraction of sp³-hybridized carbons (Fsp3) is 0.741. The predicted molar refractivity (Wildman–Crippen MR) is 132 cm³/mol. The number of unbranched alkanes of at least 4 members (excludes halogenated alkanes) is 10. The van der Waals surface area contributed by atoms with Crippen LogP contribution in [0.1, 0.15) is 109 Å². The Balaban J connectivity index is 2.42. The van der Waals surface area contributed by atoms with Crippen LogP contribution in [-0.2, 0) is 15.9 Å². The van der Waals surface area contributed by atoms with E-state index in [1.54, 1.807) is 12.1 Å². The van der Waals surface area contributed by atoms with E-state index in [1.165, 1.54) is 70.3 Å².